The molecule has 0 radical (unpaired) electrons. The van der Waals surface area contributed by atoms with Gasteiger partial charge in [-0.1, -0.05) is 35.9 Å². The molecule has 4 heteroatoms. The topological polar surface area (TPSA) is 40.7 Å². The summed E-state index contributed by atoms with van der Waals surface area (Å²) in [6.45, 7) is 0.648. The first-order valence-corrected chi connectivity index (χ1v) is 6.13. The van der Waals surface area contributed by atoms with Gasteiger partial charge < -0.3 is 10.3 Å². The molecule has 0 amide bonds. The molecule has 0 fully saturated rings. The van der Waals surface area contributed by atoms with Crippen LogP contribution in [0.5, 0.6) is 0 Å². The Morgan fingerprint density at radius 2 is 1.89 bits per heavy atom. The maximum absolute atomic E-state index is 6.08. The van der Waals surface area contributed by atoms with Gasteiger partial charge in [0, 0.05) is 5.69 Å². The predicted octanol–water partition coefficient (Wildman–Crippen LogP) is 3.83. The molecule has 0 unspecified atom stereocenters. The number of anilines is 1. The van der Waals surface area contributed by atoms with Crippen molar-refractivity contribution in [3.05, 3.63) is 59.4 Å². The Bertz CT molecular complexity index is 661. The molecule has 0 atom stereocenters. The summed E-state index contributed by atoms with van der Waals surface area (Å²) in [6, 6.07) is 15.8. The highest BCUT2D eigenvalue weighted by Gasteiger charge is 2.05. The molecular weight excluding hydrogens is 246 g/mol. The highest BCUT2D eigenvalue weighted by Crippen LogP contribution is 2.21. The summed E-state index contributed by atoms with van der Waals surface area (Å²) in [5, 5.41) is 3.98. The van der Waals surface area contributed by atoms with Crippen LogP contribution < -0.4 is 5.32 Å². The number of rotatable bonds is 3. The van der Waals surface area contributed by atoms with E-state index < -0.39 is 0 Å². The van der Waals surface area contributed by atoms with Crippen molar-refractivity contribution in [3.8, 4) is 0 Å². The van der Waals surface area contributed by atoms with Crippen molar-refractivity contribution in [2.75, 3.05) is 5.32 Å². The first kappa shape index (κ1) is 11.1. The number of hydrogen-bond acceptors (Lipinski definition) is 2. The van der Waals surface area contributed by atoms with E-state index in [1.54, 1.807) is 0 Å². The molecule has 0 spiro atoms. The Kier molecular flexibility index (Phi) is 2.90. The van der Waals surface area contributed by atoms with E-state index in [2.05, 4.69) is 15.3 Å². The second-order valence-corrected chi connectivity index (χ2v) is 4.45. The summed E-state index contributed by atoms with van der Waals surface area (Å²) >= 11 is 6.08. The van der Waals surface area contributed by atoms with Crippen LogP contribution in [0.3, 0.4) is 0 Å². The molecule has 3 nitrogen and oxygen atoms in total. The van der Waals surface area contributed by atoms with Crippen LogP contribution in [0, 0.1) is 0 Å². The van der Waals surface area contributed by atoms with Gasteiger partial charge in [0.05, 0.1) is 17.1 Å². The lowest BCUT2D eigenvalue weighted by molar-refractivity contribution is 1.01. The lowest BCUT2D eigenvalue weighted by atomic mass is 10.3. The number of nitrogens with zero attached hydrogens (tertiary/aromatic N) is 1. The predicted molar refractivity (Wildman–Crippen MR) is 74.9 cm³/mol. The molecule has 0 aliphatic carbocycles. The minimum Gasteiger partial charge on any atom is -0.378 e. The fourth-order valence-corrected chi connectivity index (χ4v) is 2.09. The standard InChI is InChI=1S/C14H12ClN3/c15-11-7-4-8-12-14(11)18-13(17-12)9-16-10-5-2-1-3-6-10/h1-8,16H,9H2,(H,17,18). The molecule has 18 heavy (non-hydrogen) atoms. The third-order valence-electron chi connectivity index (χ3n) is 2.75. The number of benzene rings is 2. The van der Waals surface area contributed by atoms with E-state index >= 15 is 0 Å². The Hall–Kier alpha value is -2.00. The summed E-state index contributed by atoms with van der Waals surface area (Å²) in [5.41, 5.74) is 2.86. The number of aromatic nitrogens is 2. The normalized spacial score (nSPS) is 10.7. The van der Waals surface area contributed by atoms with Crippen LogP contribution in [0.25, 0.3) is 11.0 Å². The Balaban J connectivity index is 1.81. The number of hydrogen-bond donors (Lipinski definition) is 2. The fourth-order valence-electron chi connectivity index (χ4n) is 1.87. The summed E-state index contributed by atoms with van der Waals surface area (Å²) in [7, 11) is 0. The van der Waals surface area contributed by atoms with E-state index in [-0.39, 0.29) is 0 Å². The Morgan fingerprint density at radius 1 is 1.06 bits per heavy atom. The van der Waals surface area contributed by atoms with Crippen LogP contribution >= 0.6 is 11.6 Å². The smallest absolute Gasteiger partial charge is 0.126 e. The molecule has 3 aromatic rings. The van der Waals surface area contributed by atoms with Crippen molar-refractivity contribution in [2.45, 2.75) is 6.54 Å². The molecule has 0 saturated carbocycles. The SMILES string of the molecule is Clc1cccc2[nH]c(CNc3ccccc3)nc12. The van der Waals surface area contributed by atoms with Crippen molar-refractivity contribution in [3.63, 3.8) is 0 Å². The summed E-state index contributed by atoms with van der Waals surface area (Å²) in [6.07, 6.45) is 0. The second-order valence-electron chi connectivity index (χ2n) is 4.04. The van der Waals surface area contributed by atoms with Crippen molar-refractivity contribution in [1.82, 2.24) is 9.97 Å². The van der Waals surface area contributed by atoms with Crippen LogP contribution in [-0.2, 0) is 6.54 Å². The number of aromatic amines is 1. The van der Waals surface area contributed by atoms with Gasteiger partial charge in [-0.05, 0) is 24.3 Å². The van der Waals surface area contributed by atoms with Gasteiger partial charge in [0.2, 0.25) is 0 Å². The highest BCUT2D eigenvalue weighted by atomic mass is 35.5. The molecule has 3 rings (SSSR count). The summed E-state index contributed by atoms with van der Waals surface area (Å²) in [5.74, 6) is 0.877. The second kappa shape index (κ2) is 4.70. The minimum absolute atomic E-state index is 0.648. The van der Waals surface area contributed by atoms with Crippen LogP contribution in [0.2, 0.25) is 5.02 Å². The minimum atomic E-state index is 0.648. The number of para-hydroxylation sites is 2. The van der Waals surface area contributed by atoms with E-state index in [1.165, 1.54) is 0 Å². The zero-order valence-electron chi connectivity index (χ0n) is 9.65. The Morgan fingerprint density at radius 3 is 2.67 bits per heavy atom. The van der Waals surface area contributed by atoms with E-state index in [1.807, 2.05) is 48.5 Å². The maximum Gasteiger partial charge on any atom is 0.126 e. The van der Waals surface area contributed by atoms with Crippen molar-refractivity contribution >= 4 is 28.3 Å². The lowest BCUT2D eigenvalue weighted by Crippen LogP contribution is -2.00. The Labute approximate surface area is 110 Å². The number of H-pyrrole nitrogens is 1. The van der Waals surface area contributed by atoms with E-state index in [0.717, 1.165) is 22.5 Å². The molecule has 0 saturated heterocycles. The average Bonchev–Trinajstić information content (AvgIpc) is 2.82. The van der Waals surface area contributed by atoms with Crippen molar-refractivity contribution in [2.24, 2.45) is 0 Å². The fraction of sp³-hybridized carbons (Fsp3) is 0.0714. The molecule has 0 aliphatic rings. The van der Waals surface area contributed by atoms with Crippen LogP contribution in [0.1, 0.15) is 5.82 Å². The van der Waals surface area contributed by atoms with Gasteiger partial charge in [-0.15, -0.1) is 0 Å². The summed E-state index contributed by atoms with van der Waals surface area (Å²) < 4.78 is 0. The van der Waals surface area contributed by atoms with Crippen LogP contribution in [0.4, 0.5) is 5.69 Å². The first-order valence-electron chi connectivity index (χ1n) is 5.75. The molecule has 0 bridgehead atoms. The average molecular weight is 258 g/mol. The molecular formula is C14H12ClN3. The van der Waals surface area contributed by atoms with Gasteiger partial charge >= 0.3 is 0 Å². The molecule has 90 valence electrons. The van der Waals surface area contributed by atoms with E-state index in [0.29, 0.717) is 11.6 Å². The zero-order valence-corrected chi connectivity index (χ0v) is 10.4. The van der Waals surface area contributed by atoms with Gasteiger partial charge in [-0.2, -0.15) is 0 Å². The monoisotopic (exact) mass is 257 g/mol. The molecule has 1 heterocycles. The number of fused-ring (bicyclic) bond motifs is 1. The van der Waals surface area contributed by atoms with E-state index in [4.69, 9.17) is 11.6 Å². The quantitative estimate of drug-likeness (QED) is 0.749. The van der Waals surface area contributed by atoms with Gasteiger partial charge in [0.1, 0.15) is 11.3 Å². The van der Waals surface area contributed by atoms with E-state index in [9.17, 15) is 0 Å². The summed E-state index contributed by atoms with van der Waals surface area (Å²) in [4.78, 5) is 7.73. The van der Waals surface area contributed by atoms with Crippen molar-refractivity contribution < 1.29 is 0 Å². The first-order chi connectivity index (χ1) is 8.83. The number of imidazole rings is 1. The van der Waals surface area contributed by atoms with Gasteiger partial charge in [-0.3, -0.25) is 0 Å². The molecule has 1 aromatic heterocycles. The molecule has 2 N–H and O–H groups in total. The van der Waals surface area contributed by atoms with Crippen LogP contribution in [-0.4, -0.2) is 9.97 Å². The van der Waals surface area contributed by atoms with Crippen LogP contribution in [0.15, 0.2) is 48.5 Å². The van der Waals surface area contributed by atoms with Crippen molar-refractivity contribution in [1.29, 1.82) is 0 Å². The molecule has 0 aliphatic heterocycles. The zero-order chi connectivity index (χ0) is 12.4. The lowest BCUT2D eigenvalue weighted by Gasteiger charge is -2.02. The van der Waals surface area contributed by atoms with Gasteiger partial charge in [0.15, 0.2) is 0 Å². The van der Waals surface area contributed by atoms with Gasteiger partial charge in [0.25, 0.3) is 0 Å². The largest absolute Gasteiger partial charge is 0.378 e. The molecule has 2 aromatic carbocycles. The maximum atomic E-state index is 6.08. The highest BCUT2D eigenvalue weighted by molar-refractivity contribution is 6.34. The third kappa shape index (κ3) is 2.17. The third-order valence-corrected chi connectivity index (χ3v) is 3.05. The number of halogens is 1. The number of nitrogens with one attached hydrogen (secondary N) is 2. The van der Waals surface area contributed by atoms with Gasteiger partial charge in [-0.25, -0.2) is 4.98 Å².